The van der Waals surface area contributed by atoms with Gasteiger partial charge in [-0.25, -0.2) is 9.59 Å². The number of carboxylic acid groups (broad SMARTS) is 2. The first-order valence-electron chi connectivity index (χ1n) is 10.7. The quantitative estimate of drug-likeness (QED) is 0.384. The van der Waals surface area contributed by atoms with Crippen molar-refractivity contribution in [3.63, 3.8) is 0 Å². The van der Waals surface area contributed by atoms with Gasteiger partial charge in [-0.1, -0.05) is 42.5 Å². The van der Waals surface area contributed by atoms with E-state index in [1.54, 1.807) is 6.92 Å². The number of carbonyl (C=O) groups is 2. The fraction of sp³-hybridized carbons (Fsp3) is 0.360. The molecule has 0 saturated carbocycles. The third kappa shape index (κ3) is 5.52. The predicted molar refractivity (Wildman–Crippen MR) is 120 cm³/mol. The summed E-state index contributed by atoms with van der Waals surface area (Å²) < 4.78 is 18.1. The maximum Gasteiger partial charge on any atom is 0.336 e. The van der Waals surface area contributed by atoms with Gasteiger partial charge in [-0.3, -0.25) is 0 Å². The van der Waals surface area contributed by atoms with Crippen LogP contribution in [0.5, 0.6) is 0 Å². The molecule has 4 N–H and O–H groups in total. The second kappa shape index (κ2) is 10.9. The Balaban J connectivity index is 1.89. The molecule has 9 heteroatoms. The van der Waals surface area contributed by atoms with Crippen molar-refractivity contribution in [3.8, 4) is 0 Å². The molecule has 0 unspecified atom stereocenters. The van der Waals surface area contributed by atoms with E-state index in [4.69, 9.17) is 14.2 Å². The van der Waals surface area contributed by atoms with Crippen LogP contribution in [0.2, 0.25) is 0 Å². The van der Waals surface area contributed by atoms with Gasteiger partial charge in [0.1, 0.15) is 18.3 Å². The zero-order chi connectivity index (χ0) is 24.9. The third-order valence-corrected chi connectivity index (χ3v) is 5.69. The van der Waals surface area contributed by atoms with Crippen molar-refractivity contribution in [1.29, 1.82) is 0 Å². The van der Waals surface area contributed by atoms with Gasteiger partial charge in [-0.15, -0.1) is 6.58 Å². The van der Waals surface area contributed by atoms with E-state index in [0.29, 0.717) is 5.56 Å². The van der Waals surface area contributed by atoms with Gasteiger partial charge in [0, 0.05) is 6.42 Å². The first kappa shape index (κ1) is 25.5. The van der Waals surface area contributed by atoms with Gasteiger partial charge in [0.05, 0.1) is 30.4 Å². The number of hydrogen-bond acceptors (Lipinski definition) is 7. The number of aliphatic hydroxyl groups is 2. The van der Waals surface area contributed by atoms with Crippen LogP contribution < -0.4 is 0 Å². The molecule has 0 aromatic heterocycles. The second-order valence-electron chi connectivity index (χ2n) is 8.10. The number of benzene rings is 2. The lowest BCUT2D eigenvalue weighted by atomic mass is 9.90. The Hall–Kier alpha value is -3.08. The van der Waals surface area contributed by atoms with Gasteiger partial charge in [0.25, 0.3) is 0 Å². The van der Waals surface area contributed by atoms with Gasteiger partial charge in [-0.2, -0.15) is 0 Å². The van der Waals surface area contributed by atoms with Crippen molar-refractivity contribution in [1.82, 2.24) is 0 Å². The van der Waals surface area contributed by atoms with E-state index >= 15 is 0 Å². The Morgan fingerprint density at radius 2 is 1.68 bits per heavy atom. The minimum atomic E-state index is -1.54. The molecule has 1 aliphatic heterocycles. The highest BCUT2D eigenvalue weighted by molar-refractivity contribution is 6.01. The predicted octanol–water partition coefficient (Wildman–Crippen LogP) is 2.60. The monoisotopic (exact) mass is 472 g/mol. The summed E-state index contributed by atoms with van der Waals surface area (Å²) in [6, 6.07) is 13.1. The lowest BCUT2D eigenvalue weighted by Crippen LogP contribution is -2.65. The van der Waals surface area contributed by atoms with E-state index in [-0.39, 0.29) is 30.8 Å². The summed E-state index contributed by atoms with van der Waals surface area (Å²) in [7, 11) is 0. The molecule has 1 fully saturated rings. The van der Waals surface area contributed by atoms with Crippen LogP contribution >= 0.6 is 0 Å². The number of carboxylic acids is 2. The molecule has 0 spiro atoms. The summed E-state index contributed by atoms with van der Waals surface area (Å²) in [4.78, 5) is 22.8. The summed E-state index contributed by atoms with van der Waals surface area (Å²) in [5.41, 5.74) is 0.494. The Labute approximate surface area is 196 Å². The third-order valence-electron chi connectivity index (χ3n) is 5.69. The standard InChI is InChI=1S/C25H28O9/c1-3-11-25(33-14-17-9-10-18(23(28)29)19(12-17)24(30)31)22(21(27)20(26)15(2)34-25)32-13-16-7-5-4-6-8-16/h3-10,12,15,20-22,26-27H,1,11,13-14H2,2H3,(H,28,29)(H,30,31)/t15-,20+,21+,22-,25+/m1/s1. The molecule has 0 amide bonds. The molecule has 2 aromatic carbocycles. The van der Waals surface area contributed by atoms with E-state index in [0.717, 1.165) is 5.56 Å². The van der Waals surface area contributed by atoms with Crippen LogP contribution in [0, 0.1) is 0 Å². The fourth-order valence-electron chi connectivity index (χ4n) is 3.94. The first-order chi connectivity index (χ1) is 16.2. The van der Waals surface area contributed by atoms with E-state index in [1.165, 1.54) is 24.3 Å². The van der Waals surface area contributed by atoms with Crippen molar-refractivity contribution in [2.45, 2.75) is 56.8 Å². The molecule has 34 heavy (non-hydrogen) atoms. The molecule has 0 radical (unpaired) electrons. The summed E-state index contributed by atoms with van der Waals surface area (Å²) >= 11 is 0. The number of hydrogen-bond donors (Lipinski definition) is 4. The number of aliphatic hydroxyl groups excluding tert-OH is 2. The maximum absolute atomic E-state index is 11.5. The van der Waals surface area contributed by atoms with Crippen molar-refractivity contribution in [2.75, 3.05) is 0 Å². The van der Waals surface area contributed by atoms with Gasteiger partial charge in [0.2, 0.25) is 5.79 Å². The first-order valence-corrected chi connectivity index (χ1v) is 10.7. The molecule has 1 heterocycles. The number of rotatable bonds is 10. The molecule has 0 bridgehead atoms. The summed E-state index contributed by atoms with van der Waals surface area (Å²) in [5.74, 6) is -4.28. The van der Waals surface area contributed by atoms with Gasteiger partial charge < -0.3 is 34.6 Å². The number of ether oxygens (including phenoxy) is 3. The summed E-state index contributed by atoms with van der Waals surface area (Å²) in [6.07, 6.45) is -2.83. The Kier molecular flexibility index (Phi) is 8.19. The van der Waals surface area contributed by atoms with Crippen molar-refractivity contribution in [3.05, 3.63) is 83.4 Å². The minimum absolute atomic E-state index is 0.0968. The average molecular weight is 472 g/mol. The normalized spacial score (nSPS) is 26.7. The Morgan fingerprint density at radius 3 is 2.29 bits per heavy atom. The second-order valence-corrected chi connectivity index (χ2v) is 8.10. The number of aromatic carboxylic acids is 2. The maximum atomic E-state index is 11.5. The zero-order valence-electron chi connectivity index (χ0n) is 18.7. The SMILES string of the molecule is C=CC[C@]1(OCc2ccc(C(=O)O)c(C(=O)O)c2)O[C@H](C)[C@H](O)[C@H](O)[C@H]1OCc1ccccc1. The molecule has 1 saturated heterocycles. The Bertz CT molecular complexity index is 1020. The molecule has 1 aliphatic rings. The topological polar surface area (TPSA) is 143 Å². The molecular weight excluding hydrogens is 444 g/mol. The van der Waals surface area contributed by atoms with Crippen LogP contribution in [0.25, 0.3) is 0 Å². The van der Waals surface area contributed by atoms with Crippen LogP contribution in [-0.4, -0.2) is 62.6 Å². The smallest absolute Gasteiger partial charge is 0.336 e. The van der Waals surface area contributed by atoms with Crippen LogP contribution in [0.1, 0.15) is 45.2 Å². The van der Waals surface area contributed by atoms with E-state index < -0.39 is 42.1 Å². The molecule has 5 atom stereocenters. The van der Waals surface area contributed by atoms with E-state index in [9.17, 15) is 30.0 Å². The van der Waals surface area contributed by atoms with Gasteiger partial charge in [-0.05, 0) is 30.2 Å². The minimum Gasteiger partial charge on any atom is -0.478 e. The molecular formula is C25H28O9. The average Bonchev–Trinajstić information content (AvgIpc) is 2.81. The Morgan fingerprint density at radius 1 is 1.00 bits per heavy atom. The largest absolute Gasteiger partial charge is 0.478 e. The van der Waals surface area contributed by atoms with Crippen LogP contribution in [0.15, 0.2) is 61.2 Å². The summed E-state index contributed by atoms with van der Waals surface area (Å²) in [6.45, 7) is 5.28. The lowest BCUT2D eigenvalue weighted by molar-refractivity contribution is -0.369. The highest BCUT2D eigenvalue weighted by Gasteiger charge is 2.54. The lowest BCUT2D eigenvalue weighted by Gasteiger charge is -2.49. The van der Waals surface area contributed by atoms with Gasteiger partial charge >= 0.3 is 11.9 Å². The fourth-order valence-corrected chi connectivity index (χ4v) is 3.94. The van der Waals surface area contributed by atoms with Crippen LogP contribution in [0.4, 0.5) is 0 Å². The molecule has 182 valence electrons. The van der Waals surface area contributed by atoms with Crippen LogP contribution in [0.3, 0.4) is 0 Å². The molecule has 2 aromatic rings. The van der Waals surface area contributed by atoms with Crippen molar-refractivity contribution >= 4 is 11.9 Å². The van der Waals surface area contributed by atoms with Crippen molar-refractivity contribution < 1.29 is 44.2 Å². The van der Waals surface area contributed by atoms with Crippen LogP contribution in [-0.2, 0) is 27.4 Å². The molecule has 0 aliphatic carbocycles. The van der Waals surface area contributed by atoms with Crippen molar-refractivity contribution in [2.24, 2.45) is 0 Å². The van der Waals surface area contributed by atoms with E-state index in [1.807, 2.05) is 30.3 Å². The van der Waals surface area contributed by atoms with Gasteiger partial charge in [0.15, 0.2) is 0 Å². The van der Waals surface area contributed by atoms with E-state index in [2.05, 4.69) is 6.58 Å². The zero-order valence-corrected chi connectivity index (χ0v) is 18.7. The highest BCUT2D eigenvalue weighted by Crippen LogP contribution is 2.37. The highest BCUT2D eigenvalue weighted by atomic mass is 16.7. The summed E-state index contributed by atoms with van der Waals surface area (Å²) in [5, 5.41) is 39.9. The molecule has 9 nitrogen and oxygen atoms in total. The molecule has 3 rings (SSSR count).